The number of aryl methyl sites for hydroxylation is 2. The number of benzene rings is 5. The van der Waals surface area contributed by atoms with Crippen LogP contribution in [0.2, 0.25) is 0 Å². The number of amides is 3. The van der Waals surface area contributed by atoms with Crippen molar-refractivity contribution in [1.82, 2.24) is 14.9 Å². The number of piperidine rings is 1. The Kier molecular flexibility index (Phi) is 17.2. The van der Waals surface area contributed by atoms with Gasteiger partial charge in [0.15, 0.2) is 0 Å². The summed E-state index contributed by atoms with van der Waals surface area (Å²) in [5, 5.41) is 7.12. The lowest BCUT2D eigenvalue weighted by Gasteiger charge is -2.39. The van der Waals surface area contributed by atoms with E-state index in [0.717, 1.165) is 72.9 Å². The lowest BCUT2D eigenvalue weighted by Crippen LogP contribution is -2.48. The van der Waals surface area contributed by atoms with Crippen LogP contribution in [0.3, 0.4) is 0 Å². The highest BCUT2D eigenvalue weighted by Crippen LogP contribution is 2.52. The number of alkyl halides is 3. The largest absolute Gasteiger partial charge is 0.490 e. The number of carboxylic acid groups (broad SMARTS) is 1. The summed E-state index contributed by atoms with van der Waals surface area (Å²) in [6, 6.07) is 42.6. The molecule has 2 fully saturated rings. The van der Waals surface area contributed by atoms with Gasteiger partial charge in [0.2, 0.25) is 0 Å². The van der Waals surface area contributed by atoms with Crippen molar-refractivity contribution in [1.29, 1.82) is 0 Å². The zero-order valence-electron chi connectivity index (χ0n) is 43.3. The smallest absolute Gasteiger partial charge is 0.475 e. The quantitative estimate of drug-likeness (QED) is 0.147. The summed E-state index contributed by atoms with van der Waals surface area (Å²) in [4.78, 5) is 67.2. The first-order valence-electron chi connectivity index (χ1n) is 25.8. The summed E-state index contributed by atoms with van der Waals surface area (Å²) in [5.41, 5.74) is 7.96. The number of pyridine rings is 2. The Hall–Kier alpha value is -7.57. The maximum Gasteiger partial charge on any atom is 0.490 e. The third-order valence-electron chi connectivity index (χ3n) is 14.7. The second kappa shape index (κ2) is 24.2. The normalized spacial score (nSPS) is 15.8. The van der Waals surface area contributed by atoms with Gasteiger partial charge < -0.3 is 24.5 Å². The number of anilines is 2. The molecule has 0 atom stereocenters. The lowest BCUT2D eigenvalue weighted by atomic mass is 9.71. The Morgan fingerprint density at radius 1 is 0.582 bits per heavy atom. The van der Waals surface area contributed by atoms with Crippen molar-refractivity contribution in [3.8, 4) is 0 Å². The molecule has 11 nitrogen and oxygen atoms in total. The number of carbonyl (C=O) groups is 4. The number of halogens is 5. The third-order valence-corrected chi connectivity index (χ3v) is 16.7. The minimum atomic E-state index is -5.08. The zero-order chi connectivity index (χ0) is 55.9. The zero-order valence-corrected chi connectivity index (χ0v) is 45.0. The van der Waals surface area contributed by atoms with Crippen LogP contribution in [0.1, 0.15) is 93.7 Å². The van der Waals surface area contributed by atoms with Crippen molar-refractivity contribution < 1.29 is 51.0 Å². The van der Waals surface area contributed by atoms with Crippen LogP contribution in [-0.4, -0.2) is 76.2 Å². The second-order valence-electron chi connectivity index (χ2n) is 20.1. The van der Waals surface area contributed by atoms with E-state index < -0.39 is 12.1 Å². The van der Waals surface area contributed by atoms with Crippen molar-refractivity contribution in [3.63, 3.8) is 0 Å². The van der Waals surface area contributed by atoms with Crippen molar-refractivity contribution in [2.24, 2.45) is 0 Å². The molecule has 11 rings (SSSR count). The fourth-order valence-electron chi connectivity index (χ4n) is 10.7. The number of nitrogens with zero attached hydrogens (tertiary/aromatic N) is 5. The van der Waals surface area contributed by atoms with Crippen LogP contribution < -0.4 is 9.80 Å². The summed E-state index contributed by atoms with van der Waals surface area (Å²) >= 11 is 3.20. The van der Waals surface area contributed by atoms with Crippen LogP contribution in [0.25, 0.3) is 0 Å². The molecule has 1 saturated heterocycles. The van der Waals surface area contributed by atoms with E-state index in [1.54, 1.807) is 65.1 Å². The van der Waals surface area contributed by atoms with Crippen LogP contribution in [-0.2, 0) is 27.0 Å². The van der Waals surface area contributed by atoms with E-state index in [9.17, 15) is 36.3 Å². The molecule has 0 radical (unpaired) electrons. The number of aliphatic carboxylic acids is 1. The number of rotatable bonds is 8. The van der Waals surface area contributed by atoms with E-state index in [-0.39, 0.29) is 47.0 Å². The fourth-order valence-corrected chi connectivity index (χ4v) is 12.5. The average Bonchev–Trinajstić information content (AvgIpc) is 3.92. The number of hydrogen-bond donors (Lipinski definition) is 1. The Labute approximate surface area is 463 Å². The molecule has 2 aromatic heterocycles. The van der Waals surface area contributed by atoms with Gasteiger partial charge in [0.05, 0.1) is 0 Å². The first kappa shape index (κ1) is 56.2. The van der Waals surface area contributed by atoms with E-state index in [4.69, 9.17) is 14.6 Å². The molecule has 3 aliphatic heterocycles. The Balaban J connectivity index is 0.000000176. The summed E-state index contributed by atoms with van der Waals surface area (Å²) in [6.07, 6.45) is 5.29. The SMILES string of the molecule is Cc1cc(C(=O)N2CC3(CCCCC3)c3cc(Sc4ccc(F)cc4)ccc32)ccn1.Cc1cc(C(=O)N2CC3(CCN(C(=O)OCc4ccccc4)CC3)c3cc(Sc4ccc(F)cc4)ccc32)ccn1.O=C(O)C(F)(F)F. The summed E-state index contributed by atoms with van der Waals surface area (Å²) < 4.78 is 64.1. The van der Waals surface area contributed by atoms with Crippen LogP contribution >= 0.6 is 23.5 Å². The van der Waals surface area contributed by atoms with Gasteiger partial charge >= 0.3 is 18.2 Å². The number of hydrogen-bond acceptors (Lipinski definition) is 9. The predicted octanol–water partition coefficient (Wildman–Crippen LogP) is 14.2. The van der Waals surface area contributed by atoms with Crippen molar-refractivity contribution in [3.05, 3.63) is 203 Å². The predicted molar refractivity (Wildman–Crippen MR) is 293 cm³/mol. The Morgan fingerprint density at radius 3 is 1.44 bits per heavy atom. The highest BCUT2D eigenvalue weighted by Gasteiger charge is 2.48. The topological polar surface area (TPSA) is 133 Å². The maximum atomic E-state index is 13.8. The number of ether oxygens (including phenoxy) is 1. The van der Waals surface area contributed by atoms with Gasteiger partial charge in [-0.15, -0.1) is 0 Å². The highest BCUT2D eigenvalue weighted by atomic mass is 32.2. The van der Waals surface area contributed by atoms with Crippen LogP contribution in [0, 0.1) is 25.5 Å². The van der Waals surface area contributed by atoms with Gasteiger partial charge in [0.25, 0.3) is 11.8 Å². The molecule has 1 saturated carbocycles. The standard InChI is InChI=1S/C33H30FN3O3S.C26H25FN2OS.C2HF3O2/c1-23-19-25(13-16-35-23)31(38)37-22-33(14-17-36(18-15-33)32(39)40-21-24-5-3-2-4-6-24)29-20-28(11-12-30(29)37)41-27-9-7-26(34)8-10-27;1-18-15-19(11-14-28-18)25(30)29-17-26(12-3-2-4-13-26)23-16-22(9-10-24(23)29)31-21-7-5-20(27)6-8-21;3-2(4,5)1(6)7/h2-13,16,19-20H,14-15,17-18,21-22H2,1H3;5-11,14-16H,2-4,12-13,17H2,1H3;(H,6,7). The molecule has 408 valence electrons. The van der Waals surface area contributed by atoms with Gasteiger partial charge in [-0.2, -0.15) is 13.2 Å². The van der Waals surface area contributed by atoms with Gasteiger partial charge in [-0.05, 0) is 165 Å². The monoisotopic (exact) mass is 1110 g/mol. The molecule has 0 unspecified atom stereocenters. The van der Waals surface area contributed by atoms with Crippen molar-refractivity contribution in [2.45, 2.75) is 102 Å². The molecule has 0 bridgehead atoms. The molecular formula is C61H56F5N5O6S2. The summed E-state index contributed by atoms with van der Waals surface area (Å²) in [7, 11) is 0. The molecule has 5 aromatic carbocycles. The van der Waals surface area contributed by atoms with Crippen LogP contribution in [0.4, 0.5) is 38.1 Å². The van der Waals surface area contributed by atoms with Gasteiger partial charge in [-0.1, -0.05) is 73.1 Å². The van der Waals surface area contributed by atoms with Gasteiger partial charge in [-0.3, -0.25) is 19.6 Å². The fraction of sp³-hybridized carbons (Fsp3) is 0.279. The van der Waals surface area contributed by atoms with E-state index in [1.165, 1.54) is 49.1 Å². The molecule has 2 spiro atoms. The molecule has 5 heterocycles. The number of carbonyl (C=O) groups excluding carboxylic acids is 3. The summed E-state index contributed by atoms with van der Waals surface area (Å²) in [5.74, 6) is -3.25. The molecule has 3 amide bonds. The van der Waals surface area contributed by atoms with E-state index >= 15 is 0 Å². The van der Waals surface area contributed by atoms with Crippen molar-refractivity contribution in [2.75, 3.05) is 36.0 Å². The van der Waals surface area contributed by atoms with Gasteiger partial charge in [0, 0.05) is 103 Å². The van der Waals surface area contributed by atoms with Crippen molar-refractivity contribution >= 4 is 58.8 Å². The highest BCUT2D eigenvalue weighted by molar-refractivity contribution is 7.99. The molecule has 18 heteroatoms. The molecule has 4 aliphatic rings. The molecule has 1 N–H and O–H groups in total. The van der Waals surface area contributed by atoms with E-state index in [2.05, 4.69) is 34.2 Å². The number of likely N-dealkylation sites (tertiary alicyclic amines) is 1. The van der Waals surface area contributed by atoms with Crippen LogP contribution in [0.15, 0.2) is 172 Å². The van der Waals surface area contributed by atoms with E-state index in [0.29, 0.717) is 43.6 Å². The number of carboxylic acids is 1. The Morgan fingerprint density at radius 2 is 1.01 bits per heavy atom. The number of fused-ring (bicyclic) bond motifs is 4. The second-order valence-corrected chi connectivity index (χ2v) is 22.4. The molecule has 1 aliphatic carbocycles. The first-order chi connectivity index (χ1) is 37.9. The van der Waals surface area contributed by atoms with Gasteiger partial charge in [0.1, 0.15) is 18.2 Å². The molecule has 7 aromatic rings. The average molecular weight is 1110 g/mol. The molecule has 79 heavy (non-hydrogen) atoms. The van der Waals surface area contributed by atoms with E-state index in [1.807, 2.05) is 90.4 Å². The van der Waals surface area contributed by atoms with Crippen LogP contribution in [0.5, 0.6) is 0 Å². The number of aromatic nitrogens is 2. The minimum absolute atomic E-state index is 0.0324. The third kappa shape index (κ3) is 13.3. The maximum absolute atomic E-state index is 13.8. The molecular weight excluding hydrogens is 1060 g/mol. The van der Waals surface area contributed by atoms with Gasteiger partial charge in [-0.25, -0.2) is 18.4 Å². The minimum Gasteiger partial charge on any atom is -0.475 e. The summed E-state index contributed by atoms with van der Waals surface area (Å²) in [6.45, 7) is 6.39. The Bertz CT molecular complexity index is 3340. The first-order valence-corrected chi connectivity index (χ1v) is 27.4. The lowest BCUT2D eigenvalue weighted by molar-refractivity contribution is -0.192.